The van der Waals surface area contributed by atoms with E-state index in [1.807, 2.05) is 55.1 Å². The molecule has 0 fully saturated rings. The van der Waals surface area contributed by atoms with Crippen LogP contribution in [0.4, 0.5) is 0 Å². The van der Waals surface area contributed by atoms with E-state index < -0.39 is 0 Å². The zero-order valence-corrected chi connectivity index (χ0v) is 19.9. The summed E-state index contributed by atoms with van der Waals surface area (Å²) in [4.78, 5) is 0. The van der Waals surface area contributed by atoms with Crippen LogP contribution in [0.2, 0.25) is 0 Å². The van der Waals surface area contributed by atoms with Crippen LogP contribution in [0.1, 0.15) is 18.9 Å². The molecule has 0 aliphatic rings. The lowest BCUT2D eigenvalue weighted by Gasteiger charge is -2.13. The molecule has 0 saturated carbocycles. The van der Waals surface area contributed by atoms with Gasteiger partial charge >= 0.3 is 0 Å². The van der Waals surface area contributed by atoms with E-state index in [1.165, 1.54) is 5.03 Å². The second kappa shape index (κ2) is 13.4. The topological polar surface area (TPSA) is 43.6 Å². The summed E-state index contributed by atoms with van der Waals surface area (Å²) in [6, 6.07) is 10.1. The molecule has 31 heavy (non-hydrogen) atoms. The van der Waals surface area contributed by atoms with Gasteiger partial charge in [0.15, 0.2) is 17.7 Å². The monoisotopic (exact) mass is 441 g/mol. The fraction of sp³-hybridized carbons (Fsp3) is 0.320. The molecule has 1 heterocycles. The van der Waals surface area contributed by atoms with Crippen LogP contribution < -0.4 is 24.1 Å². The molecule has 0 bridgehead atoms. The van der Waals surface area contributed by atoms with Crippen molar-refractivity contribution < 1.29 is 18.8 Å². The Bertz CT molecular complexity index is 898. The minimum absolute atomic E-state index is 0.592. The number of nitrogens with one attached hydrogen (secondary N) is 1. The third-order valence-corrected chi connectivity index (χ3v) is 5.73. The molecule has 1 aromatic carbocycles. The Balaban J connectivity index is 2.00. The molecule has 166 valence electrons. The number of methoxy groups -OCH3 is 3. The number of aromatic nitrogens is 1. The van der Waals surface area contributed by atoms with Crippen LogP contribution in [0.3, 0.4) is 0 Å². The van der Waals surface area contributed by atoms with Crippen molar-refractivity contribution in [3.8, 4) is 17.2 Å². The largest absolute Gasteiger partial charge is 0.493 e. The maximum atomic E-state index is 5.44. The van der Waals surface area contributed by atoms with E-state index in [9.17, 15) is 0 Å². The first kappa shape index (κ1) is 24.4. The Morgan fingerprint density at radius 3 is 2.45 bits per heavy atom. The first-order valence-electron chi connectivity index (χ1n) is 10.2. The molecular weight excluding hydrogens is 408 g/mol. The molecule has 0 aliphatic heterocycles. The van der Waals surface area contributed by atoms with Crippen molar-refractivity contribution in [2.45, 2.75) is 18.4 Å². The normalized spacial score (nSPS) is 11.8. The summed E-state index contributed by atoms with van der Waals surface area (Å²) in [5, 5.41) is 4.79. The number of ether oxygens (including phenoxy) is 3. The SMILES string of the molecule is CC=CC=C(C=Cc1cc(OC)c(OC)c(OC)c1)NCCCSc1cccc[n+]1C. The van der Waals surface area contributed by atoms with Crippen molar-refractivity contribution in [2.24, 2.45) is 7.05 Å². The molecule has 0 saturated heterocycles. The molecular formula is C25H33N2O3S+. The van der Waals surface area contributed by atoms with E-state index in [2.05, 4.69) is 47.4 Å². The van der Waals surface area contributed by atoms with Crippen molar-refractivity contribution >= 4 is 17.8 Å². The second-order valence-corrected chi connectivity index (χ2v) is 7.83. The summed E-state index contributed by atoms with van der Waals surface area (Å²) in [5.41, 5.74) is 2.01. The van der Waals surface area contributed by atoms with Gasteiger partial charge in [0.1, 0.15) is 7.05 Å². The van der Waals surface area contributed by atoms with Crippen molar-refractivity contribution in [3.63, 3.8) is 0 Å². The number of aryl methyl sites for hydroxylation is 1. The van der Waals surface area contributed by atoms with Gasteiger partial charge in [-0.15, -0.1) is 0 Å². The molecule has 0 spiro atoms. The van der Waals surface area contributed by atoms with Gasteiger partial charge in [-0.3, -0.25) is 0 Å². The van der Waals surface area contributed by atoms with Gasteiger partial charge in [0, 0.05) is 30.1 Å². The average molecular weight is 442 g/mol. The molecule has 6 heteroatoms. The number of nitrogens with zero attached hydrogens (tertiary/aromatic N) is 1. The quantitative estimate of drug-likeness (QED) is 0.222. The predicted octanol–water partition coefficient (Wildman–Crippen LogP) is 4.78. The molecule has 5 nitrogen and oxygen atoms in total. The lowest BCUT2D eigenvalue weighted by atomic mass is 10.1. The summed E-state index contributed by atoms with van der Waals surface area (Å²) >= 11 is 1.87. The lowest BCUT2D eigenvalue weighted by molar-refractivity contribution is -0.708. The number of benzene rings is 1. The first-order valence-corrected chi connectivity index (χ1v) is 11.2. The fourth-order valence-electron chi connectivity index (χ4n) is 2.90. The van der Waals surface area contributed by atoms with Gasteiger partial charge in [-0.2, -0.15) is 4.57 Å². The number of hydrogen-bond acceptors (Lipinski definition) is 5. The molecule has 0 radical (unpaired) electrons. The standard InChI is InChI=1S/C25H33N2O3S/c1-6-7-11-21(26-15-10-17-31-24-12-8-9-16-27(24)2)14-13-20-18-22(28-3)25(30-5)23(19-20)29-4/h6-9,11-14,16,18-19,26H,10,15,17H2,1-5H3/q+1. The van der Waals surface area contributed by atoms with Crippen LogP contribution in [-0.4, -0.2) is 33.6 Å². The average Bonchev–Trinajstić information content (AvgIpc) is 2.80. The molecule has 0 atom stereocenters. The Labute approximate surface area is 190 Å². The van der Waals surface area contributed by atoms with Crippen molar-refractivity contribution in [3.05, 3.63) is 72.1 Å². The van der Waals surface area contributed by atoms with Crippen LogP contribution in [-0.2, 0) is 7.05 Å². The number of thioether (sulfide) groups is 1. The van der Waals surface area contributed by atoms with Crippen molar-refractivity contribution in [1.29, 1.82) is 0 Å². The number of pyridine rings is 1. The van der Waals surface area contributed by atoms with Crippen LogP contribution in [0.25, 0.3) is 6.08 Å². The zero-order valence-electron chi connectivity index (χ0n) is 19.1. The third-order valence-electron chi connectivity index (χ3n) is 4.52. The highest BCUT2D eigenvalue weighted by molar-refractivity contribution is 7.99. The van der Waals surface area contributed by atoms with Crippen LogP contribution in [0.5, 0.6) is 17.2 Å². The molecule has 0 unspecified atom stereocenters. The van der Waals surface area contributed by atoms with Gasteiger partial charge in [-0.25, -0.2) is 0 Å². The van der Waals surface area contributed by atoms with E-state index in [-0.39, 0.29) is 0 Å². The Morgan fingerprint density at radius 1 is 1.10 bits per heavy atom. The lowest BCUT2D eigenvalue weighted by Crippen LogP contribution is -2.29. The van der Waals surface area contributed by atoms with Gasteiger partial charge in [0.2, 0.25) is 10.8 Å². The number of rotatable bonds is 12. The van der Waals surface area contributed by atoms with Crippen molar-refractivity contribution in [2.75, 3.05) is 33.6 Å². The minimum atomic E-state index is 0.592. The Hall–Kier alpha value is -2.86. The Kier molecular flexibility index (Phi) is 10.6. The summed E-state index contributed by atoms with van der Waals surface area (Å²) in [5.74, 6) is 2.92. The molecule has 0 amide bonds. The van der Waals surface area contributed by atoms with Gasteiger partial charge in [-0.05, 0) is 49.3 Å². The van der Waals surface area contributed by atoms with Gasteiger partial charge in [0.05, 0.1) is 21.3 Å². The van der Waals surface area contributed by atoms with E-state index in [0.717, 1.165) is 30.0 Å². The smallest absolute Gasteiger partial charge is 0.239 e. The van der Waals surface area contributed by atoms with Crippen molar-refractivity contribution in [1.82, 2.24) is 5.32 Å². The highest BCUT2D eigenvalue weighted by Gasteiger charge is 2.12. The first-order chi connectivity index (χ1) is 15.1. The van der Waals surface area contributed by atoms with Gasteiger partial charge < -0.3 is 19.5 Å². The summed E-state index contributed by atoms with van der Waals surface area (Å²) < 4.78 is 18.4. The highest BCUT2D eigenvalue weighted by Crippen LogP contribution is 2.38. The highest BCUT2D eigenvalue weighted by atomic mass is 32.2. The van der Waals surface area contributed by atoms with Crippen LogP contribution in [0.15, 0.2) is 71.6 Å². The fourth-order valence-corrected chi connectivity index (χ4v) is 3.83. The van der Waals surface area contributed by atoms with E-state index in [1.54, 1.807) is 21.3 Å². The van der Waals surface area contributed by atoms with Crippen LogP contribution >= 0.6 is 11.8 Å². The van der Waals surface area contributed by atoms with E-state index in [4.69, 9.17) is 14.2 Å². The number of hydrogen-bond donors (Lipinski definition) is 1. The molecule has 1 N–H and O–H groups in total. The van der Waals surface area contributed by atoms with Gasteiger partial charge in [0.25, 0.3) is 0 Å². The molecule has 0 aliphatic carbocycles. The summed E-state index contributed by atoms with van der Waals surface area (Å²) in [6.45, 7) is 2.90. The van der Waals surface area contributed by atoms with E-state index in [0.29, 0.717) is 17.2 Å². The summed E-state index contributed by atoms with van der Waals surface area (Å²) in [6.07, 6.45) is 13.3. The summed E-state index contributed by atoms with van der Waals surface area (Å²) in [7, 11) is 6.93. The molecule has 2 aromatic rings. The predicted molar refractivity (Wildman–Crippen MR) is 129 cm³/mol. The molecule has 1 aromatic heterocycles. The molecule has 2 rings (SSSR count). The minimum Gasteiger partial charge on any atom is -0.493 e. The second-order valence-electron chi connectivity index (χ2n) is 6.72. The Morgan fingerprint density at radius 2 is 1.84 bits per heavy atom. The third kappa shape index (κ3) is 7.72. The van der Waals surface area contributed by atoms with E-state index >= 15 is 0 Å². The zero-order chi connectivity index (χ0) is 22.5. The number of allylic oxidation sites excluding steroid dienone is 4. The maximum Gasteiger partial charge on any atom is 0.239 e. The van der Waals surface area contributed by atoms with Crippen LogP contribution in [0, 0.1) is 0 Å². The van der Waals surface area contributed by atoms with Gasteiger partial charge in [-0.1, -0.05) is 30.0 Å². The maximum absolute atomic E-state index is 5.44.